The fourth-order valence-electron chi connectivity index (χ4n) is 8.48. The molecule has 8 unspecified atom stereocenters. The Morgan fingerprint density at radius 2 is 1.63 bits per heavy atom. The van der Waals surface area contributed by atoms with Crippen molar-refractivity contribution in [3.05, 3.63) is 0 Å². The first-order chi connectivity index (χ1) is 12.6. The number of hydrogen-bond acceptors (Lipinski definition) is 3. The highest BCUT2D eigenvalue weighted by Crippen LogP contribution is 2.67. The van der Waals surface area contributed by atoms with Crippen LogP contribution in [-0.4, -0.2) is 34.1 Å². The monoisotopic (exact) mass is 376 g/mol. The molecule has 4 aliphatic carbocycles. The van der Waals surface area contributed by atoms with Gasteiger partial charge in [-0.25, -0.2) is 0 Å². The lowest BCUT2D eigenvalue weighted by Crippen LogP contribution is -2.59. The second kappa shape index (κ2) is 5.71. The van der Waals surface area contributed by atoms with Gasteiger partial charge in [-0.15, -0.1) is 10.3 Å². The quantitative estimate of drug-likeness (QED) is 0.675. The summed E-state index contributed by atoms with van der Waals surface area (Å²) in [5.74, 6) is 2.86. The summed E-state index contributed by atoms with van der Waals surface area (Å²) in [6.07, 6.45) is 10.0. The number of ether oxygens (including phenoxy) is 1. The van der Waals surface area contributed by atoms with Crippen LogP contribution in [-0.2, 0) is 9.94 Å². The van der Waals surface area contributed by atoms with E-state index in [1.165, 1.54) is 37.2 Å². The van der Waals surface area contributed by atoms with Crippen LogP contribution in [0.15, 0.2) is 0 Å². The summed E-state index contributed by atoms with van der Waals surface area (Å²) in [5, 5.41) is 25.0. The zero-order chi connectivity index (χ0) is 19.2. The number of hydroxylamine groups is 2. The fraction of sp³-hybridized carbons (Fsp3) is 1.00. The summed E-state index contributed by atoms with van der Waals surface area (Å²) in [6.45, 7) is 9.49. The molecule has 1 aliphatic heterocycles. The van der Waals surface area contributed by atoms with Crippen LogP contribution in [0, 0.1) is 34.5 Å². The summed E-state index contributed by atoms with van der Waals surface area (Å²) >= 11 is 0. The van der Waals surface area contributed by atoms with Gasteiger partial charge in [0.05, 0.1) is 18.2 Å². The van der Waals surface area contributed by atoms with E-state index in [9.17, 15) is 10.3 Å². The molecule has 4 heteroatoms. The predicted molar refractivity (Wildman–Crippen MR) is 103 cm³/mol. The summed E-state index contributed by atoms with van der Waals surface area (Å²) in [7, 11) is 0. The summed E-state index contributed by atoms with van der Waals surface area (Å²) in [6, 6.07) is 0. The number of aliphatic hydroxyl groups excluding tert-OH is 1. The maximum Gasteiger partial charge on any atom is 0.148 e. The van der Waals surface area contributed by atoms with Crippen LogP contribution in [0.5, 0.6) is 0 Å². The molecule has 0 aromatic rings. The van der Waals surface area contributed by atoms with E-state index in [0.29, 0.717) is 23.9 Å². The maximum absolute atomic E-state index is 13.1. The van der Waals surface area contributed by atoms with Crippen molar-refractivity contribution in [1.29, 1.82) is 0 Å². The van der Waals surface area contributed by atoms with E-state index in [2.05, 4.69) is 13.8 Å². The van der Waals surface area contributed by atoms with Gasteiger partial charge in [0.2, 0.25) is 0 Å². The van der Waals surface area contributed by atoms with E-state index >= 15 is 0 Å². The number of hydrogen-bond donors (Lipinski definition) is 1. The van der Waals surface area contributed by atoms with Crippen molar-refractivity contribution in [1.82, 2.24) is 5.06 Å². The van der Waals surface area contributed by atoms with Crippen molar-refractivity contribution < 1.29 is 15.1 Å². The van der Waals surface area contributed by atoms with Crippen molar-refractivity contribution in [2.24, 2.45) is 34.5 Å². The minimum Gasteiger partial charge on any atom is -0.393 e. The highest BCUT2D eigenvalue weighted by atomic mass is 16.6. The van der Waals surface area contributed by atoms with Crippen LogP contribution in [0.3, 0.4) is 0 Å². The summed E-state index contributed by atoms with van der Waals surface area (Å²) in [5.41, 5.74) is -0.449. The van der Waals surface area contributed by atoms with Gasteiger partial charge in [0, 0.05) is 0 Å². The van der Waals surface area contributed by atoms with Gasteiger partial charge in [-0.1, -0.05) is 13.8 Å². The van der Waals surface area contributed by atoms with Gasteiger partial charge in [0.15, 0.2) is 0 Å². The molecule has 0 amide bonds. The lowest BCUT2D eigenvalue weighted by atomic mass is 9.44. The molecule has 1 N–H and O–H groups in total. The van der Waals surface area contributed by atoms with Gasteiger partial charge in [-0.2, -0.15) is 0 Å². The molecule has 4 nitrogen and oxygen atoms in total. The minimum absolute atomic E-state index is 0.0910. The van der Waals surface area contributed by atoms with Gasteiger partial charge >= 0.3 is 0 Å². The second-order valence-electron chi connectivity index (χ2n) is 11.8. The Balaban J connectivity index is 1.40. The van der Waals surface area contributed by atoms with Crippen LogP contribution >= 0.6 is 0 Å². The minimum atomic E-state index is -0.562. The molecule has 8 atom stereocenters. The molecule has 5 aliphatic rings. The molecule has 5 rings (SSSR count). The lowest BCUT2D eigenvalue weighted by Gasteiger charge is -2.62. The molecule has 1 heterocycles. The molecule has 4 saturated carbocycles. The van der Waals surface area contributed by atoms with Crippen molar-refractivity contribution in [2.75, 3.05) is 6.61 Å². The smallest absolute Gasteiger partial charge is 0.148 e. The van der Waals surface area contributed by atoms with Crippen molar-refractivity contribution in [3.8, 4) is 0 Å². The third-order valence-electron chi connectivity index (χ3n) is 10.2. The molecule has 5 fully saturated rings. The molecular formula is C23H38NO3. The van der Waals surface area contributed by atoms with Gasteiger partial charge in [0.1, 0.15) is 5.72 Å². The van der Waals surface area contributed by atoms with Gasteiger partial charge in [-0.3, -0.25) is 0 Å². The van der Waals surface area contributed by atoms with E-state index in [1.54, 1.807) is 0 Å². The summed E-state index contributed by atoms with van der Waals surface area (Å²) < 4.78 is 6.22. The van der Waals surface area contributed by atoms with Crippen molar-refractivity contribution in [2.45, 2.75) is 103 Å². The summed E-state index contributed by atoms with van der Waals surface area (Å²) in [4.78, 5) is 0. The van der Waals surface area contributed by atoms with E-state index < -0.39 is 11.3 Å². The first kappa shape index (κ1) is 18.8. The number of aliphatic hydroxyl groups is 1. The topological polar surface area (TPSA) is 52.6 Å². The Hall–Kier alpha value is -0.160. The highest BCUT2D eigenvalue weighted by Gasteiger charge is 2.64. The highest BCUT2D eigenvalue weighted by molar-refractivity contribution is 5.11. The van der Waals surface area contributed by atoms with Crippen LogP contribution in [0.2, 0.25) is 0 Å². The molecule has 27 heavy (non-hydrogen) atoms. The fourth-order valence-corrected chi connectivity index (χ4v) is 8.48. The Bertz CT molecular complexity index is 623. The average Bonchev–Trinajstić information content (AvgIpc) is 3.05. The van der Waals surface area contributed by atoms with Crippen molar-refractivity contribution >= 4 is 0 Å². The van der Waals surface area contributed by atoms with Crippen molar-refractivity contribution in [3.63, 3.8) is 0 Å². The average molecular weight is 377 g/mol. The Morgan fingerprint density at radius 3 is 2.33 bits per heavy atom. The molecule has 1 radical (unpaired) electrons. The van der Waals surface area contributed by atoms with Crippen LogP contribution in [0.4, 0.5) is 0 Å². The number of fused-ring (bicyclic) bond motifs is 5. The Labute approximate surface area is 164 Å². The molecule has 0 aromatic heterocycles. The number of rotatable bonds is 0. The molecule has 0 bridgehead atoms. The first-order valence-electron chi connectivity index (χ1n) is 11.4. The normalized spacial score (nSPS) is 57.3. The second-order valence-corrected chi connectivity index (χ2v) is 11.8. The standard InChI is InChI=1S/C23H38NO3/c1-20(2)14-27-23(24(20)26)12-11-21(3)15(13-23)5-6-16-17-7-8-19(25)22(17,4)10-9-18(16)21/h15-19,25H,5-14H2,1-4H3. The molecule has 0 aromatic carbocycles. The van der Waals surface area contributed by atoms with E-state index in [0.717, 1.165) is 37.5 Å². The van der Waals surface area contributed by atoms with Gasteiger partial charge in [0.25, 0.3) is 0 Å². The zero-order valence-corrected chi connectivity index (χ0v) is 17.7. The zero-order valence-electron chi connectivity index (χ0n) is 17.7. The third-order valence-corrected chi connectivity index (χ3v) is 10.2. The van der Waals surface area contributed by atoms with E-state index in [-0.39, 0.29) is 11.5 Å². The molecule has 1 saturated heterocycles. The lowest BCUT2D eigenvalue weighted by molar-refractivity contribution is -0.315. The molecular weight excluding hydrogens is 338 g/mol. The van der Waals surface area contributed by atoms with Crippen LogP contribution in [0.1, 0.15) is 85.5 Å². The Morgan fingerprint density at radius 1 is 0.889 bits per heavy atom. The third kappa shape index (κ3) is 2.36. The Kier molecular flexibility index (Phi) is 3.99. The molecule has 153 valence electrons. The maximum atomic E-state index is 13.1. The largest absolute Gasteiger partial charge is 0.393 e. The SMILES string of the molecule is CC12CCC3C(CCC4CC5(CCC43C)OCC(C)(C)N5[O])C1CCC2O. The number of nitrogens with zero attached hydrogens (tertiary/aromatic N) is 1. The van der Waals surface area contributed by atoms with Gasteiger partial charge < -0.3 is 9.84 Å². The first-order valence-corrected chi connectivity index (χ1v) is 11.4. The van der Waals surface area contributed by atoms with E-state index in [1.807, 2.05) is 13.8 Å². The van der Waals surface area contributed by atoms with Crippen LogP contribution < -0.4 is 0 Å². The van der Waals surface area contributed by atoms with E-state index in [4.69, 9.17) is 4.74 Å². The molecule has 1 spiro atoms. The van der Waals surface area contributed by atoms with Crippen LogP contribution in [0.25, 0.3) is 0 Å². The predicted octanol–water partition coefficient (Wildman–Crippen LogP) is 4.54. The van der Waals surface area contributed by atoms with Gasteiger partial charge in [-0.05, 0) is 106 Å².